The Morgan fingerprint density at radius 1 is 1.30 bits per heavy atom. The Balaban J connectivity index is 1.41. The summed E-state index contributed by atoms with van der Waals surface area (Å²) in [5, 5.41) is 11.5. The van der Waals surface area contributed by atoms with Crippen molar-refractivity contribution in [2.24, 2.45) is 0 Å². The van der Waals surface area contributed by atoms with Gasteiger partial charge in [-0.3, -0.25) is 9.36 Å². The maximum Gasteiger partial charge on any atom is 0.697 e. The second-order valence-electron chi connectivity index (χ2n) is 7.74. The first-order valence-corrected chi connectivity index (χ1v) is 12.4. The van der Waals surface area contributed by atoms with Crippen molar-refractivity contribution < 1.29 is 23.5 Å². The quantitative estimate of drug-likeness (QED) is 0.320. The third-order valence-corrected chi connectivity index (χ3v) is 7.48. The molecule has 0 bridgehead atoms. The maximum absolute atomic E-state index is 13.0. The SMILES string of the molecule is O=c1c2nc(SCCc3ccccc3)n(C3OC4CO[P+](=O)OC4C3O)c2[nH]c2nccn12. The van der Waals surface area contributed by atoms with Gasteiger partial charge in [0.1, 0.15) is 24.5 Å². The second-order valence-corrected chi connectivity index (χ2v) is 9.72. The molecule has 170 valence electrons. The Bertz CT molecular complexity index is 1400. The fraction of sp³-hybridized carbons (Fsp3) is 0.350. The highest BCUT2D eigenvalue weighted by Gasteiger charge is 2.55. The average molecular weight is 488 g/mol. The second kappa shape index (κ2) is 8.32. The van der Waals surface area contributed by atoms with Gasteiger partial charge in [0.2, 0.25) is 5.78 Å². The zero-order chi connectivity index (χ0) is 22.5. The lowest BCUT2D eigenvalue weighted by molar-refractivity contribution is -0.0583. The molecule has 1 aromatic carbocycles. The Morgan fingerprint density at radius 3 is 3.00 bits per heavy atom. The van der Waals surface area contributed by atoms with Crippen LogP contribution in [0.25, 0.3) is 16.9 Å². The van der Waals surface area contributed by atoms with Crippen molar-refractivity contribution in [3.8, 4) is 0 Å². The normalized spacial score (nSPS) is 26.3. The Morgan fingerprint density at radius 2 is 2.15 bits per heavy atom. The van der Waals surface area contributed by atoms with E-state index in [2.05, 4.69) is 27.1 Å². The molecule has 4 aromatic rings. The van der Waals surface area contributed by atoms with E-state index in [0.29, 0.717) is 22.3 Å². The smallest absolute Gasteiger partial charge is 0.385 e. The molecule has 5 unspecified atom stereocenters. The maximum atomic E-state index is 13.0. The minimum Gasteiger partial charge on any atom is -0.385 e. The van der Waals surface area contributed by atoms with E-state index in [1.165, 1.54) is 27.9 Å². The van der Waals surface area contributed by atoms with Crippen LogP contribution in [-0.4, -0.2) is 59.7 Å². The number of aliphatic hydroxyl groups excluding tert-OH is 1. The van der Waals surface area contributed by atoms with Gasteiger partial charge < -0.3 is 14.8 Å². The number of nitrogens with one attached hydrogen (secondary N) is 1. The molecule has 11 nitrogen and oxygen atoms in total. The molecular formula is C20H19N5O6PS+. The summed E-state index contributed by atoms with van der Waals surface area (Å²) in [6.45, 7) is 0.0393. The summed E-state index contributed by atoms with van der Waals surface area (Å²) in [6, 6.07) is 10.0. The Hall–Kier alpha value is -2.60. The average Bonchev–Trinajstić information content (AvgIpc) is 3.51. The number of aryl methyl sites for hydroxylation is 1. The lowest BCUT2D eigenvalue weighted by atomic mass is 10.1. The van der Waals surface area contributed by atoms with E-state index >= 15 is 0 Å². The van der Waals surface area contributed by atoms with E-state index in [9.17, 15) is 14.5 Å². The summed E-state index contributed by atoms with van der Waals surface area (Å²) in [5.41, 5.74) is 1.44. The molecule has 0 amide bonds. The number of thioether (sulfide) groups is 1. The van der Waals surface area contributed by atoms with Gasteiger partial charge >= 0.3 is 8.25 Å². The third kappa shape index (κ3) is 3.59. The molecule has 0 spiro atoms. The summed E-state index contributed by atoms with van der Waals surface area (Å²) >= 11 is 1.45. The number of aromatic amines is 1. The fourth-order valence-electron chi connectivity index (χ4n) is 4.16. The molecule has 2 saturated heterocycles. The number of benzene rings is 1. The highest BCUT2D eigenvalue weighted by Crippen LogP contribution is 2.44. The topological polar surface area (TPSA) is 133 Å². The number of hydrogen-bond donors (Lipinski definition) is 2. The van der Waals surface area contributed by atoms with Gasteiger partial charge in [-0.1, -0.05) is 42.1 Å². The van der Waals surface area contributed by atoms with Crippen LogP contribution in [0.3, 0.4) is 0 Å². The predicted octanol–water partition coefficient (Wildman–Crippen LogP) is 2.04. The van der Waals surface area contributed by atoms with Gasteiger partial charge in [0.15, 0.2) is 23.0 Å². The number of nitrogens with zero attached hydrogens (tertiary/aromatic N) is 4. The number of aromatic nitrogens is 5. The summed E-state index contributed by atoms with van der Waals surface area (Å²) in [4.78, 5) is 24.9. The standard InChI is InChI=1S/C20H18N5O6PS/c26-14-15-12(10-29-32(28)31-15)30-18(14)25-16-13(17(27)24-8-7-21-19(24)23-16)22-20(25)33-9-6-11-4-2-1-3-5-11/h1-5,7-8,12,14-15,18,26H,6,9-10H2/p+1. The van der Waals surface area contributed by atoms with Crippen molar-refractivity contribution in [2.45, 2.75) is 36.1 Å². The number of hydrogen-bond acceptors (Lipinski definition) is 9. The van der Waals surface area contributed by atoms with E-state index in [-0.39, 0.29) is 17.7 Å². The summed E-state index contributed by atoms with van der Waals surface area (Å²) in [6.07, 6.45) is 0.413. The van der Waals surface area contributed by atoms with Crippen molar-refractivity contribution in [2.75, 3.05) is 12.4 Å². The van der Waals surface area contributed by atoms with E-state index in [0.717, 1.165) is 6.42 Å². The number of H-pyrrole nitrogens is 1. The van der Waals surface area contributed by atoms with Crippen LogP contribution in [0.5, 0.6) is 0 Å². The number of rotatable bonds is 5. The van der Waals surface area contributed by atoms with E-state index in [4.69, 9.17) is 13.8 Å². The van der Waals surface area contributed by atoms with Crippen molar-refractivity contribution >= 4 is 37.0 Å². The molecule has 2 aliphatic heterocycles. The van der Waals surface area contributed by atoms with Crippen LogP contribution in [0.2, 0.25) is 0 Å². The van der Waals surface area contributed by atoms with Crippen LogP contribution in [0, 0.1) is 0 Å². The molecule has 0 aliphatic carbocycles. The predicted molar refractivity (Wildman–Crippen MR) is 118 cm³/mol. The molecule has 2 fully saturated rings. The first-order valence-electron chi connectivity index (χ1n) is 10.3. The van der Waals surface area contributed by atoms with Gasteiger partial charge in [0.05, 0.1) is 0 Å². The highest BCUT2D eigenvalue weighted by atomic mass is 32.2. The molecule has 33 heavy (non-hydrogen) atoms. The van der Waals surface area contributed by atoms with Gasteiger partial charge in [-0.15, -0.1) is 9.05 Å². The van der Waals surface area contributed by atoms with E-state index in [1.807, 2.05) is 18.2 Å². The lowest BCUT2D eigenvalue weighted by Crippen LogP contribution is -2.37. The van der Waals surface area contributed by atoms with Crippen LogP contribution in [-0.2, 0) is 24.8 Å². The fourth-order valence-corrected chi connectivity index (χ4v) is 5.96. The van der Waals surface area contributed by atoms with E-state index in [1.54, 1.807) is 10.8 Å². The first-order chi connectivity index (χ1) is 16.1. The van der Waals surface area contributed by atoms with Crippen molar-refractivity contribution in [1.82, 2.24) is 23.9 Å². The highest BCUT2D eigenvalue weighted by molar-refractivity contribution is 7.99. The summed E-state index contributed by atoms with van der Waals surface area (Å²) in [5.74, 6) is 1.04. The molecule has 0 saturated carbocycles. The monoisotopic (exact) mass is 488 g/mol. The van der Waals surface area contributed by atoms with Crippen molar-refractivity contribution in [3.05, 3.63) is 58.6 Å². The number of imidazole rings is 2. The summed E-state index contributed by atoms with van der Waals surface area (Å²) < 4.78 is 31.2. The number of ether oxygens (including phenoxy) is 1. The van der Waals surface area contributed by atoms with Gasteiger partial charge in [-0.05, 0) is 12.0 Å². The zero-order valence-corrected chi connectivity index (χ0v) is 18.8. The largest absolute Gasteiger partial charge is 0.697 e. The van der Waals surface area contributed by atoms with Crippen LogP contribution >= 0.6 is 20.0 Å². The van der Waals surface area contributed by atoms with Gasteiger partial charge in [0.25, 0.3) is 5.56 Å². The minimum absolute atomic E-state index is 0.0393. The van der Waals surface area contributed by atoms with E-state index < -0.39 is 32.8 Å². The molecule has 3 aromatic heterocycles. The van der Waals surface area contributed by atoms with Crippen LogP contribution in [0.1, 0.15) is 11.8 Å². The van der Waals surface area contributed by atoms with Gasteiger partial charge in [0, 0.05) is 22.7 Å². The number of aliphatic hydroxyl groups is 1. The minimum atomic E-state index is -2.32. The molecule has 0 radical (unpaired) electrons. The van der Waals surface area contributed by atoms with Gasteiger partial charge in [-0.25, -0.2) is 14.4 Å². The molecule has 5 atom stereocenters. The van der Waals surface area contributed by atoms with Gasteiger partial charge in [-0.2, -0.15) is 0 Å². The van der Waals surface area contributed by atoms with Crippen molar-refractivity contribution in [1.29, 1.82) is 0 Å². The van der Waals surface area contributed by atoms with Crippen LogP contribution in [0.4, 0.5) is 0 Å². The van der Waals surface area contributed by atoms with Crippen LogP contribution in [0.15, 0.2) is 52.7 Å². The molecule has 13 heteroatoms. The summed E-state index contributed by atoms with van der Waals surface area (Å²) in [7, 11) is -2.32. The zero-order valence-electron chi connectivity index (χ0n) is 17.1. The molecule has 2 aliphatic rings. The molecule has 5 heterocycles. The number of fused-ring (bicyclic) bond motifs is 3. The van der Waals surface area contributed by atoms with Crippen LogP contribution < -0.4 is 5.56 Å². The third-order valence-electron chi connectivity index (χ3n) is 5.75. The van der Waals surface area contributed by atoms with Crippen molar-refractivity contribution in [3.63, 3.8) is 0 Å². The Kier molecular flexibility index (Phi) is 5.28. The lowest BCUT2D eigenvalue weighted by Gasteiger charge is -2.19. The molecular weight excluding hydrogens is 469 g/mol. The first kappa shape index (κ1) is 21.0. The molecule has 6 rings (SSSR count). The molecule has 2 N–H and O–H groups in total. The Labute approximate surface area is 191 Å².